The van der Waals surface area contributed by atoms with E-state index in [1.54, 1.807) is 20.7 Å². The smallest absolute Gasteiger partial charge is 0.230 e. The normalized spacial score (nSPS) is 15.2. The van der Waals surface area contributed by atoms with E-state index in [-0.39, 0.29) is 11.8 Å². The Labute approximate surface area is 155 Å². The molecule has 0 spiro atoms. The Hall–Kier alpha value is -1.24. The number of ether oxygens (including phenoxy) is 1. The minimum Gasteiger partial charge on any atom is -0.494 e. The van der Waals surface area contributed by atoms with Gasteiger partial charge in [0.2, 0.25) is 5.91 Å². The number of carbonyl (C=O) groups is 1. The average Bonchev–Trinajstić information content (AvgIpc) is 2.90. The molecule has 6 heteroatoms. The van der Waals surface area contributed by atoms with Crippen LogP contribution >= 0.6 is 32.9 Å². The molecule has 3 nitrogen and oxygen atoms in total. The molecule has 1 aliphatic heterocycles. The van der Waals surface area contributed by atoms with Gasteiger partial charge in [0.05, 0.1) is 22.7 Å². The van der Waals surface area contributed by atoms with E-state index in [1.807, 2.05) is 43.9 Å². The van der Waals surface area contributed by atoms with Crippen molar-refractivity contribution in [2.24, 2.45) is 5.92 Å². The van der Waals surface area contributed by atoms with E-state index in [4.69, 9.17) is 17.0 Å². The summed E-state index contributed by atoms with van der Waals surface area (Å²) in [7, 11) is 3.29. The Balaban J connectivity index is 2.31. The van der Waals surface area contributed by atoms with Crippen LogP contribution in [0.5, 0.6) is 5.75 Å². The third-order valence-electron chi connectivity index (χ3n) is 4.25. The van der Waals surface area contributed by atoms with Crippen LogP contribution in [0, 0.1) is 9.74 Å². The van der Waals surface area contributed by atoms with Crippen LogP contribution in [0.2, 0.25) is 0 Å². The topological polar surface area (TPSA) is 29.5 Å². The molecule has 0 aliphatic carbocycles. The van der Waals surface area contributed by atoms with E-state index < -0.39 is 5.54 Å². The van der Waals surface area contributed by atoms with Gasteiger partial charge in [-0.2, -0.15) is 0 Å². The Morgan fingerprint density at radius 2 is 2.04 bits per heavy atom. The molecule has 3 rings (SSSR count). The maximum Gasteiger partial charge on any atom is 0.230 e. The van der Waals surface area contributed by atoms with Crippen LogP contribution in [0.4, 0.5) is 5.69 Å². The number of nitrogens with zero attached hydrogens (tertiary/aromatic N) is 1. The average molecular weight is 380 g/mol. The van der Waals surface area contributed by atoms with Gasteiger partial charge in [0.15, 0.2) is 0 Å². The molecule has 0 saturated carbocycles. The molecule has 2 heterocycles. The van der Waals surface area contributed by atoms with Crippen LogP contribution in [0.15, 0.2) is 18.2 Å². The molecule has 1 amide bonds. The summed E-state index contributed by atoms with van der Waals surface area (Å²) < 4.78 is 6.56. The SMILES string of the molecule is CCOc1ccc2c(c1)N(C(=O)C(C)C)C(C)(C)c1ssc(=S)c1-2. The lowest BCUT2D eigenvalue weighted by Crippen LogP contribution is -2.49. The minimum absolute atomic E-state index is 0.0824. The summed E-state index contributed by atoms with van der Waals surface area (Å²) in [6.45, 7) is 10.6. The molecule has 1 aromatic heterocycles. The number of anilines is 1. The lowest BCUT2D eigenvalue weighted by molar-refractivity contribution is -0.122. The lowest BCUT2D eigenvalue weighted by atomic mass is 9.86. The Kier molecular flexibility index (Phi) is 4.57. The maximum absolute atomic E-state index is 13.0. The molecular weight excluding hydrogens is 358 g/mol. The fraction of sp³-hybridized carbons (Fsp3) is 0.444. The number of hydrogen-bond acceptors (Lipinski definition) is 5. The Morgan fingerprint density at radius 1 is 1.33 bits per heavy atom. The highest BCUT2D eigenvalue weighted by Gasteiger charge is 2.43. The first-order valence-corrected chi connectivity index (χ1v) is 10.6. The lowest BCUT2D eigenvalue weighted by Gasteiger charge is -2.43. The van der Waals surface area contributed by atoms with Crippen LogP contribution in [0.1, 0.15) is 39.5 Å². The van der Waals surface area contributed by atoms with Gasteiger partial charge in [0, 0.05) is 23.1 Å². The van der Waals surface area contributed by atoms with E-state index >= 15 is 0 Å². The number of hydrogen-bond donors (Lipinski definition) is 0. The standard InChI is InChI=1S/C18H21NO2S3/c1-6-21-11-7-8-12-13(9-11)19(16(20)10(2)3)18(4,5)15-14(12)17(22)24-23-15/h7-10H,6H2,1-5H3. The van der Waals surface area contributed by atoms with Gasteiger partial charge in [-0.25, -0.2) is 0 Å². The second kappa shape index (κ2) is 6.24. The molecule has 0 saturated heterocycles. The van der Waals surface area contributed by atoms with Crippen molar-refractivity contribution in [3.8, 4) is 16.9 Å². The van der Waals surface area contributed by atoms with Gasteiger partial charge in [-0.15, -0.1) is 0 Å². The third kappa shape index (κ3) is 2.61. The van der Waals surface area contributed by atoms with Gasteiger partial charge >= 0.3 is 0 Å². The molecule has 0 bridgehead atoms. The molecule has 0 N–H and O–H groups in total. The second-order valence-electron chi connectivity index (χ2n) is 6.66. The highest BCUT2D eigenvalue weighted by Crippen LogP contribution is 2.53. The zero-order valence-corrected chi connectivity index (χ0v) is 17.0. The number of rotatable bonds is 3. The van der Waals surface area contributed by atoms with Gasteiger partial charge < -0.3 is 9.64 Å². The quantitative estimate of drug-likeness (QED) is 0.495. The number of benzene rings is 1. The van der Waals surface area contributed by atoms with Crippen LogP contribution < -0.4 is 9.64 Å². The van der Waals surface area contributed by atoms with Gasteiger partial charge in [-0.1, -0.05) is 46.7 Å². The molecule has 24 heavy (non-hydrogen) atoms. The van der Waals surface area contributed by atoms with E-state index in [9.17, 15) is 4.79 Å². The summed E-state index contributed by atoms with van der Waals surface area (Å²) in [6.07, 6.45) is 0. The van der Waals surface area contributed by atoms with E-state index in [2.05, 4.69) is 13.8 Å². The van der Waals surface area contributed by atoms with E-state index in [0.29, 0.717) is 6.61 Å². The molecule has 0 radical (unpaired) electrons. The van der Waals surface area contributed by atoms with Gasteiger partial charge in [-0.05, 0) is 32.9 Å². The van der Waals surface area contributed by atoms with Crippen molar-refractivity contribution in [3.05, 3.63) is 26.9 Å². The fourth-order valence-electron chi connectivity index (χ4n) is 3.12. The van der Waals surface area contributed by atoms with Crippen molar-refractivity contribution < 1.29 is 9.53 Å². The molecular formula is C18H21NO2S3. The highest BCUT2D eigenvalue weighted by atomic mass is 32.9. The molecule has 1 aromatic carbocycles. The number of carbonyl (C=O) groups excluding carboxylic acids is 1. The molecule has 0 unspecified atom stereocenters. The van der Waals surface area contributed by atoms with Crippen molar-refractivity contribution >= 4 is 44.5 Å². The predicted molar refractivity (Wildman–Crippen MR) is 105 cm³/mol. The van der Waals surface area contributed by atoms with Crippen LogP contribution in [-0.2, 0) is 10.3 Å². The summed E-state index contributed by atoms with van der Waals surface area (Å²) >= 11 is 5.59. The first-order valence-electron chi connectivity index (χ1n) is 8.04. The molecule has 1 aliphatic rings. The fourth-order valence-corrected chi connectivity index (χ4v) is 6.40. The first-order chi connectivity index (χ1) is 11.3. The van der Waals surface area contributed by atoms with Crippen LogP contribution in [-0.4, -0.2) is 12.5 Å². The van der Waals surface area contributed by atoms with Crippen molar-refractivity contribution in [1.82, 2.24) is 0 Å². The van der Waals surface area contributed by atoms with Crippen molar-refractivity contribution in [2.45, 2.75) is 40.2 Å². The summed E-state index contributed by atoms with van der Waals surface area (Å²) in [5.74, 6) is 0.813. The summed E-state index contributed by atoms with van der Waals surface area (Å²) in [6, 6.07) is 5.96. The Morgan fingerprint density at radius 3 is 2.67 bits per heavy atom. The van der Waals surface area contributed by atoms with Crippen LogP contribution in [0.3, 0.4) is 0 Å². The van der Waals surface area contributed by atoms with Gasteiger partial charge in [-0.3, -0.25) is 4.79 Å². The number of amides is 1. The molecule has 0 fully saturated rings. The monoisotopic (exact) mass is 379 g/mol. The summed E-state index contributed by atoms with van der Waals surface area (Å²) in [5.41, 5.74) is 2.61. The second-order valence-corrected chi connectivity index (χ2v) is 9.47. The van der Waals surface area contributed by atoms with Crippen molar-refractivity contribution in [3.63, 3.8) is 0 Å². The van der Waals surface area contributed by atoms with Crippen molar-refractivity contribution in [1.29, 1.82) is 0 Å². The van der Waals surface area contributed by atoms with E-state index in [1.165, 1.54) is 4.88 Å². The number of fused-ring (bicyclic) bond motifs is 3. The van der Waals surface area contributed by atoms with Crippen molar-refractivity contribution in [2.75, 3.05) is 11.5 Å². The third-order valence-corrected chi connectivity index (χ3v) is 7.58. The highest BCUT2D eigenvalue weighted by molar-refractivity contribution is 7.80. The van der Waals surface area contributed by atoms with Gasteiger partial charge in [0.25, 0.3) is 0 Å². The largest absolute Gasteiger partial charge is 0.494 e. The van der Waals surface area contributed by atoms with Gasteiger partial charge in [0.1, 0.15) is 9.57 Å². The zero-order valence-electron chi connectivity index (χ0n) is 14.5. The minimum atomic E-state index is -0.424. The molecule has 128 valence electrons. The molecule has 0 atom stereocenters. The molecule has 2 aromatic rings. The predicted octanol–water partition coefficient (Wildman–Crippen LogP) is 5.84. The van der Waals surface area contributed by atoms with E-state index in [0.717, 1.165) is 26.4 Å². The van der Waals surface area contributed by atoms with Crippen LogP contribution in [0.25, 0.3) is 11.1 Å². The first kappa shape index (κ1) is 17.6. The summed E-state index contributed by atoms with van der Waals surface area (Å²) in [4.78, 5) is 16.1. The summed E-state index contributed by atoms with van der Waals surface area (Å²) in [5, 5.41) is 0. The maximum atomic E-state index is 13.0. The Bertz CT molecular complexity index is 848. The zero-order chi connectivity index (χ0) is 17.6.